The van der Waals surface area contributed by atoms with Crippen LogP contribution in [0.15, 0.2) is 18.2 Å². The molecule has 0 aliphatic heterocycles. The van der Waals surface area contributed by atoms with Gasteiger partial charge in [0.15, 0.2) is 5.75 Å². The fraction of sp³-hybridized carbons (Fsp3) is 0.538. The Bertz CT molecular complexity index is 442. The van der Waals surface area contributed by atoms with Crippen molar-refractivity contribution in [1.29, 1.82) is 0 Å². The van der Waals surface area contributed by atoms with Gasteiger partial charge in [-0.2, -0.15) is 0 Å². The van der Waals surface area contributed by atoms with Crippen molar-refractivity contribution in [3.05, 3.63) is 28.3 Å². The van der Waals surface area contributed by atoms with Gasteiger partial charge in [0, 0.05) is 23.9 Å². The van der Waals surface area contributed by atoms with Gasteiger partial charge in [0.05, 0.1) is 11.5 Å². The van der Waals surface area contributed by atoms with Gasteiger partial charge in [-0.25, -0.2) is 0 Å². The van der Waals surface area contributed by atoms with Crippen molar-refractivity contribution in [3.8, 4) is 5.75 Å². The molecule has 5 heteroatoms. The predicted octanol–water partition coefficient (Wildman–Crippen LogP) is 3.20. The van der Waals surface area contributed by atoms with E-state index in [0.717, 1.165) is 24.4 Å². The summed E-state index contributed by atoms with van der Waals surface area (Å²) in [6, 6.07) is 5.43. The highest BCUT2D eigenvalue weighted by Crippen LogP contribution is 2.33. The van der Waals surface area contributed by atoms with E-state index in [1.807, 2.05) is 6.92 Å². The van der Waals surface area contributed by atoms with E-state index in [2.05, 4.69) is 12.2 Å². The Morgan fingerprint density at radius 1 is 1.50 bits per heavy atom. The summed E-state index contributed by atoms with van der Waals surface area (Å²) in [4.78, 5) is 10.4. The molecule has 0 bridgehead atoms. The molecule has 18 heavy (non-hydrogen) atoms. The van der Waals surface area contributed by atoms with Crippen LogP contribution in [0.3, 0.4) is 0 Å². The maximum atomic E-state index is 10.8. The number of nitrogens with one attached hydrogen (secondary N) is 1. The van der Waals surface area contributed by atoms with E-state index in [1.165, 1.54) is 6.07 Å². The van der Waals surface area contributed by atoms with Gasteiger partial charge >= 0.3 is 5.69 Å². The largest absolute Gasteiger partial charge is 0.487 e. The van der Waals surface area contributed by atoms with Crippen LogP contribution in [-0.2, 0) is 0 Å². The number of nitro groups is 1. The van der Waals surface area contributed by atoms with Gasteiger partial charge < -0.3 is 10.1 Å². The minimum absolute atomic E-state index is 0.0179. The number of anilines is 1. The van der Waals surface area contributed by atoms with Crippen LogP contribution in [0, 0.1) is 16.0 Å². The van der Waals surface area contributed by atoms with Gasteiger partial charge in [0.25, 0.3) is 0 Å². The summed E-state index contributed by atoms with van der Waals surface area (Å²) < 4.78 is 5.31. The summed E-state index contributed by atoms with van der Waals surface area (Å²) >= 11 is 0. The standard InChI is InChI=1S/C13H18N2O3/c1-3-18-13-8-10(4-5-12(13)15(16)17)14-11-6-9(2)7-11/h4-5,8-9,11,14H,3,6-7H2,1-2H3. The number of benzene rings is 1. The molecule has 1 aromatic carbocycles. The minimum atomic E-state index is -0.416. The number of nitro benzene ring substituents is 1. The van der Waals surface area contributed by atoms with E-state index in [4.69, 9.17) is 4.74 Å². The predicted molar refractivity (Wildman–Crippen MR) is 70.1 cm³/mol. The van der Waals surface area contributed by atoms with E-state index < -0.39 is 4.92 Å². The van der Waals surface area contributed by atoms with Crippen LogP contribution in [0.2, 0.25) is 0 Å². The molecule has 0 saturated heterocycles. The summed E-state index contributed by atoms with van der Waals surface area (Å²) in [5.74, 6) is 1.10. The number of hydrogen-bond donors (Lipinski definition) is 1. The zero-order valence-corrected chi connectivity index (χ0v) is 10.7. The van der Waals surface area contributed by atoms with Crippen LogP contribution >= 0.6 is 0 Å². The van der Waals surface area contributed by atoms with Gasteiger partial charge in [0.2, 0.25) is 0 Å². The lowest BCUT2D eigenvalue weighted by molar-refractivity contribution is -0.385. The molecule has 0 spiro atoms. The highest BCUT2D eigenvalue weighted by atomic mass is 16.6. The van der Waals surface area contributed by atoms with Gasteiger partial charge in [0.1, 0.15) is 0 Å². The Labute approximate surface area is 106 Å². The quantitative estimate of drug-likeness (QED) is 0.643. The molecule has 1 saturated carbocycles. The maximum absolute atomic E-state index is 10.8. The number of rotatable bonds is 5. The van der Waals surface area contributed by atoms with Crippen LogP contribution in [0.25, 0.3) is 0 Å². The third-order valence-electron chi connectivity index (χ3n) is 3.20. The van der Waals surface area contributed by atoms with Gasteiger partial charge in [-0.1, -0.05) is 6.92 Å². The SMILES string of the molecule is CCOc1cc(NC2CC(C)C2)ccc1[N+](=O)[O-]. The third kappa shape index (κ3) is 2.72. The second-order valence-electron chi connectivity index (χ2n) is 4.79. The second-order valence-corrected chi connectivity index (χ2v) is 4.79. The van der Waals surface area contributed by atoms with Crippen LogP contribution in [0.1, 0.15) is 26.7 Å². The van der Waals surface area contributed by atoms with Gasteiger partial charge in [-0.3, -0.25) is 10.1 Å². The first-order valence-corrected chi connectivity index (χ1v) is 6.28. The maximum Gasteiger partial charge on any atom is 0.311 e. The Morgan fingerprint density at radius 3 is 2.78 bits per heavy atom. The lowest BCUT2D eigenvalue weighted by atomic mass is 9.82. The van der Waals surface area contributed by atoms with Crippen molar-refractivity contribution in [2.45, 2.75) is 32.7 Å². The van der Waals surface area contributed by atoms with E-state index in [9.17, 15) is 10.1 Å². The molecule has 1 aromatic rings. The van der Waals surface area contributed by atoms with Crippen molar-refractivity contribution in [2.24, 2.45) is 5.92 Å². The molecule has 0 radical (unpaired) electrons. The van der Waals surface area contributed by atoms with Crippen molar-refractivity contribution >= 4 is 11.4 Å². The van der Waals surface area contributed by atoms with Crippen molar-refractivity contribution in [3.63, 3.8) is 0 Å². The molecule has 0 unspecified atom stereocenters. The van der Waals surface area contributed by atoms with E-state index in [0.29, 0.717) is 18.4 Å². The molecule has 98 valence electrons. The first-order valence-electron chi connectivity index (χ1n) is 6.28. The van der Waals surface area contributed by atoms with Crippen LogP contribution < -0.4 is 10.1 Å². The van der Waals surface area contributed by atoms with E-state index in [1.54, 1.807) is 12.1 Å². The number of ether oxygens (including phenoxy) is 1. The second kappa shape index (κ2) is 5.25. The molecule has 0 atom stereocenters. The zero-order valence-electron chi connectivity index (χ0n) is 10.7. The monoisotopic (exact) mass is 250 g/mol. The molecule has 0 heterocycles. The highest BCUT2D eigenvalue weighted by molar-refractivity contribution is 5.58. The molecular formula is C13H18N2O3. The van der Waals surface area contributed by atoms with Crippen LogP contribution in [-0.4, -0.2) is 17.6 Å². The average molecular weight is 250 g/mol. The summed E-state index contributed by atoms with van der Waals surface area (Å²) in [6.45, 7) is 4.46. The van der Waals surface area contributed by atoms with E-state index in [-0.39, 0.29) is 5.69 Å². The summed E-state index contributed by atoms with van der Waals surface area (Å²) in [7, 11) is 0. The number of nitrogens with zero attached hydrogens (tertiary/aromatic N) is 1. The Hall–Kier alpha value is -1.78. The normalized spacial score (nSPS) is 22.1. The first kappa shape index (κ1) is 12.7. The fourth-order valence-corrected chi connectivity index (χ4v) is 2.28. The van der Waals surface area contributed by atoms with Gasteiger partial charge in [-0.05, 0) is 31.7 Å². The molecule has 1 aliphatic carbocycles. The molecule has 0 amide bonds. The third-order valence-corrected chi connectivity index (χ3v) is 3.20. The zero-order chi connectivity index (χ0) is 13.1. The van der Waals surface area contributed by atoms with Gasteiger partial charge in [-0.15, -0.1) is 0 Å². The number of hydrogen-bond acceptors (Lipinski definition) is 4. The molecule has 1 fully saturated rings. The molecule has 0 aromatic heterocycles. The lowest BCUT2D eigenvalue weighted by Crippen LogP contribution is -2.33. The molecule has 2 rings (SSSR count). The Balaban J connectivity index is 2.12. The lowest BCUT2D eigenvalue weighted by Gasteiger charge is -2.34. The smallest absolute Gasteiger partial charge is 0.311 e. The summed E-state index contributed by atoms with van der Waals surface area (Å²) in [5, 5.41) is 14.2. The summed E-state index contributed by atoms with van der Waals surface area (Å²) in [6.07, 6.45) is 2.31. The molecule has 5 nitrogen and oxygen atoms in total. The molecule has 1 aliphatic rings. The van der Waals surface area contributed by atoms with Crippen molar-refractivity contribution < 1.29 is 9.66 Å². The Morgan fingerprint density at radius 2 is 2.22 bits per heavy atom. The summed E-state index contributed by atoms with van der Waals surface area (Å²) in [5.41, 5.74) is 0.908. The highest BCUT2D eigenvalue weighted by Gasteiger charge is 2.25. The molecule has 1 N–H and O–H groups in total. The van der Waals surface area contributed by atoms with Crippen LogP contribution in [0.5, 0.6) is 5.75 Å². The fourth-order valence-electron chi connectivity index (χ4n) is 2.28. The van der Waals surface area contributed by atoms with Crippen molar-refractivity contribution in [2.75, 3.05) is 11.9 Å². The Kier molecular flexibility index (Phi) is 3.69. The topological polar surface area (TPSA) is 64.4 Å². The molecular weight excluding hydrogens is 232 g/mol. The van der Waals surface area contributed by atoms with Crippen LogP contribution in [0.4, 0.5) is 11.4 Å². The first-order chi connectivity index (χ1) is 8.60. The minimum Gasteiger partial charge on any atom is -0.487 e. The average Bonchev–Trinajstić information content (AvgIpc) is 2.27. The van der Waals surface area contributed by atoms with E-state index >= 15 is 0 Å². The van der Waals surface area contributed by atoms with Crippen molar-refractivity contribution in [1.82, 2.24) is 0 Å².